The van der Waals surface area contributed by atoms with Gasteiger partial charge in [0, 0.05) is 62.9 Å². The number of non-ortho nitro benzene ring substituents is 2. The number of unbranched alkanes of at least 4 members (excludes halogenated alkanes) is 46. The molecule has 0 aromatic heterocycles. The molecule has 4 rings (SSSR count). The Morgan fingerprint density at radius 3 is 0.942 bits per heavy atom. The lowest BCUT2D eigenvalue weighted by Gasteiger charge is -2.23. The Labute approximate surface area is 744 Å². The number of likely N-dealkylation sites (N-methyl/N-ethyl adjacent to an activating group) is 2. The van der Waals surface area contributed by atoms with Crippen LogP contribution in [0, 0.1) is 43.9 Å². The van der Waals surface area contributed by atoms with Crippen LogP contribution in [-0.2, 0) is 9.47 Å². The highest BCUT2D eigenvalue weighted by Gasteiger charge is 2.19. The Balaban J connectivity index is 0.000000692. The summed E-state index contributed by atoms with van der Waals surface area (Å²) in [4.78, 5) is 26.8. The van der Waals surface area contributed by atoms with Crippen LogP contribution < -0.4 is 25.0 Å². The third kappa shape index (κ3) is 62.9. The molecule has 2 N–H and O–H groups in total. The van der Waals surface area contributed by atoms with Crippen molar-refractivity contribution in [3.63, 3.8) is 0 Å². The lowest BCUT2D eigenvalue weighted by molar-refractivity contribution is -0.385. The van der Waals surface area contributed by atoms with Crippen molar-refractivity contribution < 1.29 is 28.8 Å². The van der Waals surface area contributed by atoms with E-state index in [0.717, 1.165) is 70.2 Å². The second kappa shape index (κ2) is 81.3. The van der Waals surface area contributed by atoms with Crippen LogP contribution in [0.15, 0.2) is 101 Å². The number of hydrogen-bond donors (Lipinski definition) is 1. The van der Waals surface area contributed by atoms with Gasteiger partial charge in [-0.15, -0.1) is 5.11 Å². The van der Waals surface area contributed by atoms with Gasteiger partial charge in [0.25, 0.3) is 11.4 Å². The monoisotopic (exact) mass is 1690 g/mol. The minimum absolute atomic E-state index is 0.00853. The van der Waals surface area contributed by atoms with Gasteiger partial charge in [0.1, 0.15) is 11.4 Å². The Hall–Kier alpha value is -5.80. The van der Waals surface area contributed by atoms with Gasteiger partial charge in [-0.25, -0.2) is 0 Å². The zero-order valence-electron chi connectivity index (χ0n) is 80.1. The molecule has 0 saturated carbocycles. The second-order valence-corrected chi connectivity index (χ2v) is 35.8. The SMILES string of the molecule is CCCCCCCCCCC(C)COCCN(CC)c1ccccc1.CCCCCCCCCCCCC(CCCCCCCCCC)COc1cc([N+](=O)[O-])ccc1N.CCCCCCCCCCCCC(CCCCCCCCCC)COc1cc([N+](=O)[O-])ccc1N=Nc1ccc(N(CC)CCOCC(C)CCCCCCCCCC)cc1. The zero-order valence-corrected chi connectivity index (χ0v) is 80.1. The fourth-order valence-electron chi connectivity index (χ4n) is 16.3. The molecule has 4 atom stereocenters. The third-order valence-electron chi connectivity index (χ3n) is 24.5. The number of azo groups is 1. The molecule has 4 aromatic rings. The lowest BCUT2D eigenvalue weighted by atomic mass is 9.94. The number of nitrogen functional groups attached to an aromatic ring is 1. The van der Waals surface area contributed by atoms with E-state index in [9.17, 15) is 20.2 Å². The van der Waals surface area contributed by atoms with Crippen LogP contribution in [0.5, 0.6) is 11.5 Å². The fraction of sp³-hybridized carbons (Fsp3) is 0.774. The smallest absolute Gasteiger partial charge is 0.273 e. The molecule has 0 spiro atoms. The van der Waals surface area contributed by atoms with Crippen LogP contribution in [0.25, 0.3) is 0 Å². The van der Waals surface area contributed by atoms with E-state index in [0.29, 0.717) is 66.4 Å². The number of hydrogen-bond acceptors (Lipinski definition) is 13. The highest BCUT2D eigenvalue weighted by atomic mass is 16.6. The summed E-state index contributed by atoms with van der Waals surface area (Å²) in [5, 5.41) is 32.0. The third-order valence-corrected chi connectivity index (χ3v) is 24.5. The molecule has 15 heteroatoms. The number of nitrogens with zero attached hydrogens (tertiary/aromatic N) is 6. The van der Waals surface area contributed by atoms with Crippen LogP contribution in [0.4, 0.5) is 39.8 Å². The van der Waals surface area contributed by atoms with E-state index < -0.39 is 4.92 Å². The van der Waals surface area contributed by atoms with E-state index in [-0.39, 0.29) is 16.3 Å². The summed E-state index contributed by atoms with van der Waals surface area (Å²) in [6.45, 7) is 30.8. The molecule has 0 aliphatic carbocycles. The molecule has 121 heavy (non-hydrogen) atoms. The molecule has 0 heterocycles. The molecule has 0 bridgehead atoms. The van der Waals surface area contributed by atoms with Gasteiger partial charge in [0.05, 0.1) is 59.8 Å². The van der Waals surface area contributed by atoms with Crippen LogP contribution in [0.2, 0.25) is 0 Å². The van der Waals surface area contributed by atoms with Gasteiger partial charge in [-0.3, -0.25) is 20.2 Å². The highest BCUT2D eigenvalue weighted by Crippen LogP contribution is 2.36. The van der Waals surface area contributed by atoms with Crippen LogP contribution >= 0.6 is 0 Å². The molecule has 0 aliphatic heterocycles. The molecule has 4 unspecified atom stereocenters. The summed E-state index contributed by atoms with van der Waals surface area (Å²) in [6.07, 6.45) is 77.0. The van der Waals surface area contributed by atoms with Crippen molar-refractivity contribution in [2.24, 2.45) is 33.9 Å². The molecule has 15 nitrogen and oxygen atoms in total. The molecule has 0 amide bonds. The van der Waals surface area contributed by atoms with E-state index in [1.807, 2.05) is 12.1 Å². The maximum absolute atomic E-state index is 11.8. The molecule has 0 saturated heterocycles. The first-order valence-electron chi connectivity index (χ1n) is 51.1. The number of para-hydroxylation sites is 1. The standard InChI is InChI=1S/C53H92N4O4.C30H54N2O3.C23H41NO/c1-6-10-13-16-19-22-23-26-29-32-35-48(34-31-28-25-21-18-15-12-8-3)46-61-53-44-51(57(58)59)40-41-52(53)55-54-49-36-38-50(39-37-49)56(9-4)42-43-60-45-47(5)33-30-27-24-20-17-14-11-7-2;1-3-5-7-9-11-13-14-16-18-20-22-27(21-19-17-15-12-10-8-6-4-2)26-35-30-25-28(32(33)34)23-24-29(30)31;1-4-6-7-8-9-10-11-13-16-22(3)21-25-20-19-24(5-2)23-17-14-12-15-18-23/h36-41,44,47-48H,6-35,42-43,45-46H2,1-5H3;23-25,27H,3-22,26,31H2,1-2H3;12,14-15,17-18,22H,4-11,13,16,19-21H2,1-3H3. The topological polar surface area (TPSA) is 180 Å². The quantitative estimate of drug-likeness (QED) is 0.0146. The molecule has 694 valence electrons. The van der Waals surface area contributed by atoms with Gasteiger partial charge in [0.15, 0.2) is 5.75 Å². The average molecular weight is 1690 g/mol. The van der Waals surface area contributed by atoms with Crippen LogP contribution in [0.1, 0.15) is 442 Å². The minimum atomic E-state index is -0.395. The average Bonchev–Trinajstić information content (AvgIpc) is 0.844. The summed E-state index contributed by atoms with van der Waals surface area (Å²) in [7, 11) is 0. The Kier molecular flexibility index (Phi) is 74.7. The van der Waals surface area contributed by atoms with Crippen molar-refractivity contribution in [3.05, 3.63) is 111 Å². The largest absolute Gasteiger partial charge is 0.491 e. The summed E-state index contributed by atoms with van der Waals surface area (Å²) >= 11 is 0. The van der Waals surface area contributed by atoms with Crippen molar-refractivity contribution in [2.75, 3.05) is 81.4 Å². The Bertz CT molecular complexity index is 2970. The van der Waals surface area contributed by atoms with Gasteiger partial charge < -0.3 is 34.5 Å². The molecule has 0 fully saturated rings. The summed E-state index contributed by atoms with van der Waals surface area (Å²) < 4.78 is 24.5. The number of benzene rings is 4. The van der Waals surface area contributed by atoms with Crippen molar-refractivity contribution in [3.8, 4) is 11.5 Å². The number of anilines is 3. The number of nitro groups is 2. The van der Waals surface area contributed by atoms with Crippen molar-refractivity contribution in [1.29, 1.82) is 0 Å². The summed E-state index contributed by atoms with van der Waals surface area (Å²) in [5.74, 6) is 3.07. The first kappa shape index (κ1) is 111. The van der Waals surface area contributed by atoms with E-state index in [4.69, 9.17) is 24.7 Å². The normalized spacial score (nSPS) is 12.4. The van der Waals surface area contributed by atoms with Gasteiger partial charge >= 0.3 is 0 Å². The van der Waals surface area contributed by atoms with Crippen LogP contribution in [-0.4, -0.2) is 75.7 Å². The minimum Gasteiger partial charge on any atom is -0.491 e. The maximum Gasteiger partial charge on any atom is 0.273 e. The fourth-order valence-corrected chi connectivity index (χ4v) is 16.3. The Morgan fingerprint density at radius 2 is 0.620 bits per heavy atom. The van der Waals surface area contributed by atoms with E-state index in [2.05, 4.69) is 132 Å². The van der Waals surface area contributed by atoms with Gasteiger partial charge in [-0.1, -0.05) is 407 Å². The van der Waals surface area contributed by atoms with Crippen molar-refractivity contribution >= 4 is 39.8 Å². The van der Waals surface area contributed by atoms with Gasteiger partial charge in [0.2, 0.25) is 0 Å². The first-order chi connectivity index (χ1) is 59.3. The molecule has 4 aromatic carbocycles. The first-order valence-corrected chi connectivity index (χ1v) is 51.1. The van der Waals surface area contributed by atoms with Crippen LogP contribution in [0.3, 0.4) is 0 Å². The number of nitrogens with two attached hydrogens (primary N) is 1. The lowest BCUT2D eigenvalue weighted by Crippen LogP contribution is -2.27. The maximum atomic E-state index is 11.8. The summed E-state index contributed by atoms with van der Waals surface area (Å²) in [5.41, 5.74) is 10.2. The predicted molar refractivity (Wildman–Crippen MR) is 523 cm³/mol. The number of nitro benzene ring substituents is 2. The number of rotatable bonds is 82. The van der Waals surface area contributed by atoms with Gasteiger partial charge in [-0.05, 0) is 125 Å². The second-order valence-electron chi connectivity index (χ2n) is 35.8. The zero-order chi connectivity index (χ0) is 87.7. The predicted octanol–water partition coefficient (Wildman–Crippen LogP) is 34.6. The van der Waals surface area contributed by atoms with Crippen molar-refractivity contribution in [2.45, 2.75) is 442 Å². The molecular weight excluding hydrogens is 1500 g/mol. The van der Waals surface area contributed by atoms with Crippen molar-refractivity contribution in [1.82, 2.24) is 0 Å². The molecule has 0 radical (unpaired) electrons. The van der Waals surface area contributed by atoms with E-state index in [1.165, 1.54) is 390 Å². The Morgan fingerprint density at radius 1 is 0.331 bits per heavy atom. The molecule has 0 aliphatic rings. The summed E-state index contributed by atoms with van der Waals surface area (Å²) in [6, 6.07) is 27.9. The highest BCUT2D eigenvalue weighted by molar-refractivity contribution is 5.59. The van der Waals surface area contributed by atoms with E-state index in [1.54, 1.807) is 12.1 Å². The van der Waals surface area contributed by atoms with E-state index >= 15 is 0 Å². The molecular formula is C106H187N7O8. The van der Waals surface area contributed by atoms with Gasteiger partial charge in [-0.2, -0.15) is 5.11 Å². The number of ether oxygens (including phenoxy) is 4.